The molecule has 1 heterocycles. The molecule has 1 amide bonds. The van der Waals surface area contributed by atoms with Crippen LogP contribution in [-0.2, 0) is 14.3 Å². The second-order valence-corrected chi connectivity index (χ2v) is 3.71. The van der Waals surface area contributed by atoms with E-state index in [0.29, 0.717) is 5.56 Å². The van der Waals surface area contributed by atoms with Crippen molar-refractivity contribution in [3.05, 3.63) is 29.8 Å². The summed E-state index contributed by atoms with van der Waals surface area (Å²) >= 11 is 0. The van der Waals surface area contributed by atoms with Gasteiger partial charge in [-0.3, -0.25) is 4.79 Å². The second-order valence-electron chi connectivity index (χ2n) is 3.71. The number of carboxylic acids is 1. The van der Waals surface area contributed by atoms with Gasteiger partial charge in [0.15, 0.2) is 6.04 Å². The highest BCUT2D eigenvalue weighted by molar-refractivity contribution is 5.86. The van der Waals surface area contributed by atoms with Crippen molar-refractivity contribution >= 4 is 11.9 Å². The van der Waals surface area contributed by atoms with Gasteiger partial charge < -0.3 is 20.3 Å². The zero-order chi connectivity index (χ0) is 12.4. The van der Waals surface area contributed by atoms with Gasteiger partial charge in [-0.15, -0.1) is 0 Å². The van der Waals surface area contributed by atoms with Crippen LogP contribution in [0.5, 0.6) is 5.75 Å². The van der Waals surface area contributed by atoms with E-state index in [0.717, 1.165) is 0 Å². The molecule has 0 aromatic heterocycles. The van der Waals surface area contributed by atoms with Crippen LogP contribution in [0.1, 0.15) is 11.7 Å². The Morgan fingerprint density at radius 1 is 1.47 bits per heavy atom. The number of morpholine rings is 1. The van der Waals surface area contributed by atoms with Crippen molar-refractivity contribution in [1.29, 1.82) is 0 Å². The molecule has 2 atom stereocenters. The van der Waals surface area contributed by atoms with Gasteiger partial charge in [-0.1, -0.05) is 12.1 Å². The number of carbonyl (C=O) groups excluding carboxylic acids is 1. The van der Waals surface area contributed by atoms with Crippen LogP contribution in [0.2, 0.25) is 0 Å². The minimum atomic E-state index is -1.17. The first-order valence-electron chi connectivity index (χ1n) is 5.00. The van der Waals surface area contributed by atoms with Crippen LogP contribution in [0.3, 0.4) is 0 Å². The molecule has 17 heavy (non-hydrogen) atoms. The Balaban J connectivity index is 2.29. The maximum Gasteiger partial charge on any atom is 0.329 e. The van der Waals surface area contributed by atoms with Gasteiger partial charge >= 0.3 is 5.97 Å². The quantitative estimate of drug-likeness (QED) is 0.674. The lowest BCUT2D eigenvalue weighted by atomic mass is 10.0. The summed E-state index contributed by atoms with van der Waals surface area (Å²) in [6, 6.07) is 4.97. The Bertz CT molecular complexity index is 459. The Kier molecular flexibility index (Phi) is 2.97. The summed E-state index contributed by atoms with van der Waals surface area (Å²) in [5, 5.41) is 20.7. The summed E-state index contributed by atoms with van der Waals surface area (Å²) in [7, 11) is 0. The highest BCUT2D eigenvalue weighted by atomic mass is 16.5. The summed E-state index contributed by atoms with van der Waals surface area (Å²) in [5.74, 6) is -1.62. The SMILES string of the molecule is O=C1COC(c2cccc(O)c2)C(C(=O)O)N1. The molecule has 0 bridgehead atoms. The van der Waals surface area contributed by atoms with Crippen LogP contribution in [0.25, 0.3) is 0 Å². The molecule has 6 nitrogen and oxygen atoms in total. The molecule has 0 saturated carbocycles. The van der Waals surface area contributed by atoms with Crippen LogP contribution >= 0.6 is 0 Å². The van der Waals surface area contributed by atoms with E-state index in [-0.39, 0.29) is 12.4 Å². The smallest absolute Gasteiger partial charge is 0.329 e. The zero-order valence-corrected chi connectivity index (χ0v) is 8.79. The molecule has 0 aliphatic carbocycles. The third-order valence-electron chi connectivity index (χ3n) is 2.48. The van der Waals surface area contributed by atoms with Crippen LogP contribution in [-0.4, -0.2) is 34.7 Å². The van der Waals surface area contributed by atoms with Gasteiger partial charge in [0.1, 0.15) is 18.5 Å². The van der Waals surface area contributed by atoms with E-state index >= 15 is 0 Å². The lowest BCUT2D eigenvalue weighted by Crippen LogP contribution is -2.51. The number of amides is 1. The van der Waals surface area contributed by atoms with E-state index in [1.165, 1.54) is 12.1 Å². The molecule has 1 fully saturated rings. The highest BCUT2D eigenvalue weighted by Crippen LogP contribution is 2.26. The molecule has 1 aromatic carbocycles. The lowest BCUT2D eigenvalue weighted by Gasteiger charge is -2.29. The van der Waals surface area contributed by atoms with Crippen molar-refractivity contribution in [2.45, 2.75) is 12.1 Å². The molecule has 1 aliphatic heterocycles. The predicted octanol–water partition coefficient (Wildman–Crippen LogP) is 0.0329. The minimum absolute atomic E-state index is 0.0205. The van der Waals surface area contributed by atoms with E-state index in [1.54, 1.807) is 12.1 Å². The maximum atomic E-state index is 11.1. The summed E-state index contributed by atoms with van der Waals surface area (Å²) in [4.78, 5) is 22.1. The number of rotatable bonds is 2. The van der Waals surface area contributed by atoms with Gasteiger partial charge in [-0.05, 0) is 17.7 Å². The van der Waals surface area contributed by atoms with Crippen LogP contribution < -0.4 is 5.32 Å². The molecule has 1 saturated heterocycles. The second kappa shape index (κ2) is 4.42. The molecule has 6 heteroatoms. The van der Waals surface area contributed by atoms with Gasteiger partial charge in [0.25, 0.3) is 0 Å². The van der Waals surface area contributed by atoms with E-state index in [4.69, 9.17) is 9.84 Å². The van der Waals surface area contributed by atoms with Crippen molar-refractivity contribution in [3.8, 4) is 5.75 Å². The Morgan fingerprint density at radius 2 is 2.24 bits per heavy atom. The predicted molar refractivity (Wildman–Crippen MR) is 56.4 cm³/mol. The van der Waals surface area contributed by atoms with Crippen LogP contribution in [0, 0.1) is 0 Å². The molecule has 0 radical (unpaired) electrons. The number of benzene rings is 1. The number of aromatic hydroxyl groups is 1. The van der Waals surface area contributed by atoms with Crippen molar-refractivity contribution in [1.82, 2.24) is 5.32 Å². The number of hydrogen-bond acceptors (Lipinski definition) is 4. The molecule has 0 spiro atoms. The Hall–Kier alpha value is -2.08. The number of aliphatic carboxylic acids is 1. The number of carboxylic acid groups (broad SMARTS) is 1. The molecular weight excluding hydrogens is 226 g/mol. The third kappa shape index (κ3) is 2.36. The number of hydrogen-bond donors (Lipinski definition) is 3. The van der Waals surface area contributed by atoms with Crippen LogP contribution in [0.15, 0.2) is 24.3 Å². The molecule has 1 aromatic rings. The number of ether oxygens (including phenoxy) is 1. The molecular formula is C11H11NO5. The standard InChI is InChI=1S/C11H11NO5/c13-7-3-1-2-6(4-7)10-9(11(15)16)12-8(14)5-17-10/h1-4,9-10,13H,5H2,(H,12,14)(H,15,16). The normalized spacial score (nSPS) is 24.1. The van der Waals surface area contributed by atoms with Gasteiger partial charge in [-0.2, -0.15) is 0 Å². The zero-order valence-electron chi connectivity index (χ0n) is 8.79. The first kappa shape index (κ1) is 11.4. The first-order chi connectivity index (χ1) is 8.08. The number of nitrogens with one attached hydrogen (secondary N) is 1. The number of phenolic OH excluding ortho intramolecular Hbond substituents is 1. The number of carbonyl (C=O) groups is 2. The van der Waals surface area contributed by atoms with Gasteiger partial charge in [-0.25, -0.2) is 4.79 Å². The minimum Gasteiger partial charge on any atom is -0.508 e. The van der Waals surface area contributed by atoms with Crippen molar-refractivity contribution in [2.75, 3.05) is 6.61 Å². The van der Waals surface area contributed by atoms with Crippen molar-refractivity contribution in [2.24, 2.45) is 0 Å². The maximum absolute atomic E-state index is 11.1. The fraction of sp³-hybridized carbons (Fsp3) is 0.273. The van der Waals surface area contributed by atoms with Crippen molar-refractivity contribution in [3.63, 3.8) is 0 Å². The fourth-order valence-corrected chi connectivity index (χ4v) is 1.73. The summed E-state index contributed by atoms with van der Waals surface area (Å²) < 4.78 is 5.20. The largest absolute Gasteiger partial charge is 0.508 e. The lowest BCUT2D eigenvalue weighted by molar-refractivity contribution is -0.154. The summed E-state index contributed by atoms with van der Waals surface area (Å²) in [6.45, 7) is -0.190. The molecule has 2 unspecified atom stereocenters. The van der Waals surface area contributed by atoms with Gasteiger partial charge in [0.2, 0.25) is 5.91 Å². The molecule has 90 valence electrons. The third-order valence-corrected chi connectivity index (χ3v) is 2.48. The Morgan fingerprint density at radius 3 is 2.88 bits per heavy atom. The Labute approximate surface area is 96.8 Å². The molecule has 1 aliphatic rings. The van der Waals surface area contributed by atoms with E-state index in [1.807, 2.05) is 0 Å². The number of phenols is 1. The van der Waals surface area contributed by atoms with E-state index in [2.05, 4.69) is 5.32 Å². The average Bonchev–Trinajstić information content (AvgIpc) is 2.28. The molecule has 2 rings (SSSR count). The molecule has 3 N–H and O–H groups in total. The first-order valence-corrected chi connectivity index (χ1v) is 5.00. The van der Waals surface area contributed by atoms with E-state index in [9.17, 15) is 14.7 Å². The fourth-order valence-electron chi connectivity index (χ4n) is 1.73. The summed E-state index contributed by atoms with van der Waals surface area (Å²) in [6.07, 6.45) is -0.794. The average molecular weight is 237 g/mol. The van der Waals surface area contributed by atoms with Gasteiger partial charge in [0.05, 0.1) is 0 Å². The highest BCUT2D eigenvalue weighted by Gasteiger charge is 2.36. The monoisotopic (exact) mass is 237 g/mol. The van der Waals surface area contributed by atoms with Crippen LogP contribution in [0.4, 0.5) is 0 Å². The summed E-state index contributed by atoms with van der Waals surface area (Å²) in [5.41, 5.74) is 0.511. The topological polar surface area (TPSA) is 95.9 Å². The van der Waals surface area contributed by atoms with Crippen molar-refractivity contribution < 1.29 is 24.5 Å². The van der Waals surface area contributed by atoms with E-state index < -0.39 is 24.0 Å². The van der Waals surface area contributed by atoms with Gasteiger partial charge in [0, 0.05) is 0 Å².